The molecule has 1 aromatic heterocycles. The Bertz CT molecular complexity index is 936. The molecule has 116 valence electrons. The van der Waals surface area contributed by atoms with E-state index in [2.05, 4.69) is 5.32 Å². The maximum Gasteiger partial charge on any atom is 0.270 e. The van der Waals surface area contributed by atoms with E-state index in [9.17, 15) is 14.9 Å². The number of nitro groups is 1. The largest absolute Gasteiger partial charge is 0.321 e. The highest BCUT2D eigenvalue weighted by molar-refractivity contribution is 7.20. The van der Waals surface area contributed by atoms with Crippen LogP contribution in [0.1, 0.15) is 15.2 Å². The number of carbonyl (C=O) groups is 1. The highest BCUT2D eigenvalue weighted by Gasteiger charge is 2.14. The van der Waals surface area contributed by atoms with Crippen LogP contribution in [-0.4, -0.2) is 10.8 Å². The summed E-state index contributed by atoms with van der Waals surface area (Å²) in [6.45, 7) is 1.86. The lowest BCUT2D eigenvalue weighted by Crippen LogP contribution is -2.10. The molecule has 1 heterocycles. The lowest BCUT2D eigenvalue weighted by molar-refractivity contribution is -0.384. The van der Waals surface area contributed by atoms with E-state index >= 15 is 0 Å². The second-order valence-electron chi connectivity index (χ2n) is 5.00. The Morgan fingerprint density at radius 3 is 2.70 bits per heavy atom. The maximum atomic E-state index is 12.4. The van der Waals surface area contributed by atoms with Crippen molar-refractivity contribution < 1.29 is 9.72 Å². The molecule has 0 aliphatic rings. The van der Waals surface area contributed by atoms with Gasteiger partial charge in [-0.2, -0.15) is 0 Å². The third-order valence-corrected chi connectivity index (χ3v) is 4.72. The van der Waals surface area contributed by atoms with Gasteiger partial charge in [-0.05, 0) is 42.8 Å². The number of benzene rings is 2. The van der Waals surface area contributed by atoms with E-state index < -0.39 is 4.92 Å². The number of carbonyl (C=O) groups excluding carboxylic acids is 1. The molecule has 0 atom stereocenters. The first-order chi connectivity index (χ1) is 10.9. The Kier molecular flexibility index (Phi) is 4.02. The van der Waals surface area contributed by atoms with E-state index in [1.54, 1.807) is 30.3 Å². The van der Waals surface area contributed by atoms with Gasteiger partial charge in [-0.3, -0.25) is 14.9 Å². The number of amides is 1. The van der Waals surface area contributed by atoms with Gasteiger partial charge in [-0.1, -0.05) is 11.6 Å². The molecule has 0 spiro atoms. The Morgan fingerprint density at radius 2 is 2.00 bits per heavy atom. The predicted molar refractivity (Wildman–Crippen MR) is 92.6 cm³/mol. The monoisotopic (exact) mass is 346 g/mol. The number of hydrogen-bond donors (Lipinski definition) is 1. The smallest absolute Gasteiger partial charge is 0.270 e. The molecule has 0 bridgehead atoms. The van der Waals surface area contributed by atoms with Crippen LogP contribution in [0.15, 0.2) is 42.5 Å². The van der Waals surface area contributed by atoms with Crippen molar-refractivity contribution >= 4 is 50.3 Å². The van der Waals surface area contributed by atoms with E-state index in [0.717, 1.165) is 10.3 Å². The van der Waals surface area contributed by atoms with Crippen molar-refractivity contribution in [3.8, 4) is 0 Å². The van der Waals surface area contributed by atoms with E-state index in [0.29, 0.717) is 21.0 Å². The molecule has 0 aliphatic heterocycles. The number of nitrogens with one attached hydrogen (secondary N) is 1. The molecule has 0 unspecified atom stereocenters. The molecule has 0 saturated carbocycles. The minimum atomic E-state index is -0.450. The molecule has 0 radical (unpaired) electrons. The summed E-state index contributed by atoms with van der Waals surface area (Å²) in [4.78, 5) is 23.2. The first-order valence-electron chi connectivity index (χ1n) is 6.69. The SMILES string of the molecule is Cc1cc(Cl)ccc1NC(=O)c1cc2cc([N+](=O)[O-])ccc2s1. The molecule has 1 amide bonds. The van der Waals surface area contributed by atoms with Crippen LogP contribution in [-0.2, 0) is 0 Å². The van der Waals surface area contributed by atoms with Gasteiger partial charge in [-0.25, -0.2) is 0 Å². The summed E-state index contributed by atoms with van der Waals surface area (Å²) in [5.74, 6) is -0.251. The van der Waals surface area contributed by atoms with E-state index in [1.807, 2.05) is 6.92 Å². The zero-order valence-electron chi connectivity index (χ0n) is 12.0. The maximum absolute atomic E-state index is 12.4. The number of fused-ring (bicyclic) bond motifs is 1. The van der Waals surface area contributed by atoms with Crippen molar-refractivity contribution in [3.63, 3.8) is 0 Å². The van der Waals surface area contributed by atoms with Gasteiger partial charge in [0.05, 0.1) is 9.80 Å². The zero-order chi connectivity index (χ0) is 16.6. The van der Waals surface area contributed by atoms with Crippen molar-refractivity contribution in [1.29, 1.82) is 0 Å². The average molecular weight is 347 g/mol. The van der Waals surface area contributed by atoms with Crippen LogP contribution < -0.4 is 5.32 Å². The Morgan fingerprint density at radius 1 is 1.22 bits per heavy atom. The summed E-state index contributed by atoms with van der Waals surface area (Å²) < 4.78 is 0.827. The highest BCUT2D eigenvalue weighted by Crippen LogP contribution is 2.30. The molecular formula is C16H11ClN2O3S. The summed E-state index contributed by atoms with van der Waals surface area (Å²) in [7, 11) is 0. The quantitative estimate of drug-likeness (QED) is 0.534. The molecule has 2 aromatic carbocycles. The van der Waals surface area contributed by atoms with Gasteiger partial charge in [0, 0.05) is 32.9 Å². The first kappa shape index (κ1) is 15.5. The fourth-order valence-corrected chi connectivity index (χ4v) is 3.37. The minimum absolute atomic E-state index is 0.0100. The summed E-state index contributed by atoms with van der Waals surface area (Å²) in [6, 6.07) is 11.4. The summed E-state index contributed by atoms with van der Waals surface area (Å²) in [5.41, 5.74) is 1.56. The molecule has 1 N–H and O–H groups in total. The van der Waals surface area contributed by atoms with Gasteiger partial charge in [0.15, 0.2) is 0 Å². The summed E-state index contributed by atoms with van der Waals surface area (Å²) in [6.07, 6.45) is 0. The predicted octanol–water partition coefficient (Wildman–Crippen LogP) is 5.02. The Hall–Kier alpha value is -2.44. The van der Waals surface area contributed by atoms with Crippen LogP contribution in [0.25, 0.3) is 10.1 Å². The topological polar surface area (TPSA) is 72.2 Å². The normalized spacial score (nSPS) is 10.7. The molecule has 3 rings (SSSR count). The molecule has 23 heavy (non-hydrogen) atoms. The van der Waals surface area contributed by atoms with Crippen molar-refractivity contribution in [3.05, 3.63) is 68.0 Å². The number of nitrogens with zero attached hydrogens (tertiary/aromatic N) is 1. The highest BCUT2D eigenvalue weighted by atomic mass is 35.5. The number of non-ortho nitro benzene ring substituents is 1. The van der Waals surface area contributed by atoms with Gasteiger partial charge < -0.3 is 5.32 Å². The third kappa shape index (κ3) is 3.18. The lowest BCUT2D eigenvalue weighted by atomic mass is 10.2. The molecule has 5 nitrogen and oxygen atoms in total. The van der Waals surface area contributed by atoms with Crippen LogP contribution >= 0.6 is 22.9 Å². The van der Waals surface area contributed by atoms with Crippen LogP contribution in [0.2, 0.25) is 5.02 Å². The zero-order valence-corrected chi connectivity index (χ0v) is 13.6. The molecular weight excluding hydrogens is 336 g/mol. The standard InChI is InChI=1S/C16H11ClN2O3S/c1-9-6-11(17)2-4-13(9)18-16(20)15-8-10-7-12(19(21)22)3-5-14(10)23-15/h2-8H,1H3,(H,18,20). The van der Waals surface area contributed by atoms with Gasteiger partial charge in [0.25, 0.3) is 11.6 Å². The van der Waals surface area contributed by atoms with Crippen LogP contribution in [0.3, 0.4) is 0 Å². The fourth-order valence-electron chi connectivity index (χ4n) is 2.21. The van der Waals surface area contributed by atoms with Gasteiger partial charge in [0.2, 0.25) is 0 Å². The van der Waals surface area contributed by atoms with Crippen LogP contribution in [0.4, 0.5) is 11.4 Å². The van der Waals surface area contributed by atoms with E-state index in [-0.39, 0.29) is 11.6 Å². The number of anilines is 1. The number of halogens is 1. The van der Waals surface area contributed by atoms with Crippen LogP contribution in [0.5, 0.6) is 0 Å². The van der Waals surface area contributed by atoms with E-state index in [1.165, 1.54) is 23.5 Å². The molecule has 3 aromatic rings. The molecule has 0 aliphatic carbocycles. The summed E-state index contributed by atoms with van der Waals surface area (Å²) >= 11 is 7.19. The minimum Gasteiger partial charge on any atom is -0.321 e. The van der Waals surface area contributed by atoms with Gasteiger partial charge in [-0.15, -0.1) is 11.3 Å². The number of rotatable bonds is 3. The van der Waals surface area contributed by atoms with Crippen molar-refractivity contribution in [1.82, 2.24) is 0 Å². The molecule has 0 saturated heterocycles. The van der Waals surface area contributed by atoms with Crippen molar-refractivity contribution in [2.24, 2.45) is 0 Å². The number of nitro benzene ring substituents is 1. The van der Waals surface area contributed by atoms with Gasteiger partial charge >= 0.3 is 0 Å². The molecule has 7 heteroatoms. The summed E-state index contributed by atoms with van der Waals surface area (Å²) in [5, 5.41) is 14.9. The Balaban J connectivity index is 1.90. The van der Waals surface area contributed by atoms with E-state index in [4.69, 9.17) is 11.6 Å². The van der Waals surface area contributed by atoms with Crippen molar-refractivity contribution in [2.45, 2.75) is 6.92 Å². The second-order valence-corrected chi connectivity index (χ2v) is 6.52. The van der Waals surface area contributed by atoms with Crippen molar-refractivity contribution in [2.75, 3.05) is 5.32 Å². The third-order valence-electron chi connectivity index (χ3n) is 3.37. The second kappa shape index (κ2) is 5.98. The van der Waals surface area contributed by atoms with Gasteiger partial charge in [0.1, 0.15) is 0 Å². The molecule has 0 fully saturated rings. The number of thiophene rings is 1. The number of hydrogen-bond acceptors (Lipinski definition) is 4. The Labute approximate surface area is 140 Å². The first-order valence-corrected chi connectivity index (χ1v) is 7.89. The average Bonchev–Trinajstić information content (AvgIpc) is 2.93. The van der Waals surface area contributed by atoms with Crippen LogP contribution in [0, 0.1) is 17.0 Å². The lowest BCUT2D eigenvalue weighted by Gasteiger charge is -2.07. The number of aryl methyl sites for hydroxylation is 1. The fraction of sp³-hybridized carbons (Fsp3) is 0.0625.